The summed E-state index contributed by atoms with van der Waals surface area (Å²) in [6, 6.07) is 7.68. The van der Waals surface area contributed by atoms with Crippen LogP contribution in [0.1, 0.15) is 28.5 Å². The molecule has 2 nitrogen and oxygen atoms in total. The summed E-state index contributed by atoms with van der Waals surface area (Å²) in [5, 5.41) is 0.392. The number of hydrogen-bond acceptors (Lipinski definition) is 2. The molecule has 0 aliphatic rings. The van der Waals surface area contributed by atoms with Crippen molar-refractivity contribution in [3.63, 3.8) is 0 Å². The molecule has 1 aromatic carbocycles. The van der Waals surface area contributed by atoms with Crippen molar-refractivity contribution in [2.24, 2.45) is 0 Å². The molecule has 0 N–H and O–H groups in total. The van der Waals surface area contributed by atoms with Gasteiger partial charge in [-0.1, -0.05) is 24.6 Å². The van der Waals surface area contributed by atoms with Crippen molar-refractivity contribution in [2.45, 2.75) is 19.8 Å². The van der Waals surface area contributed by atoms with E-state index in [1.807, 2.05) is 13.0 Å². The monoisotopic (exact) mass is 277 g/mol. The Bertz CT molecular complexity index is 613. The Balaban J connectivity index is 2.28. The van der Waals surface area contributed by atoms with Gasteiger partial charge in [-0.05, 0) is 41.8 Å². The average Bonchev–Trinajstić information content (AvgIpc) is 2.42. The average molecular weight is 278 g/mol. The predicted octanol–water partition coefficient (Wildman–Crippen LogP) is 3.86. The fraction of sp³-hybridized carbons (Fsp3) is 0.200. The van der Waals surface area contributed by atoms with Crippen LogP contribution in [0.25, 0.3) is 0 Å². The van der Waals surface area contributed by atoms with Gasteiger partial charge in [0.25, 0.3) is 0 Å². The van der Waals surface area contributed by atoms with Crippen LogP contribution < -0.4 is 0 Å². The smallest absolute Gasteiger partial charge is 0.185 e. The zero-order valence-electron chi connectivity index (χ0n) is 10.5. The summed E-state index contributed by atoms with van der Waals surface area (Å²) in [5.74, 6) is -0.547. The third-order valence-corrected chi connectivity index (χ3v) is 3.26. The van der Waals surface area contributed by atoms with Crippen molar-refractivity contribution in [2.75, 3.05) is 0 Å². The number of carbonyl (C=O) groups is 1. The highest BCUT2D eigenvalue weighted by atomic mass is 35.5. The van der Waals surface area contributed by atoms with Gasteiger partial charge in [0.15, 0.2) is 5.78 Å². The van der Waals surface area contributed by atoms with Gasteiger partial charge >= 0.3 is 0 Å². The molecule has 2 aromatic rings. The number of nitrogens with zero attached hydrogens (tertiary/aromatic N) is 1. The second-order valence-electron chi connectivity index (χ2n) is 4.20. The fourth-order valence-corrected chi connectivity index (χ4v) is 2.09. The van der Waals surface area contributed by atoms with Crippen LogP contribution in [-0.2, 0) is 12.8 Å². The number of hydrogen-bond donors (Lipinski definition) is 0. The van der Waals surface area contributed by atoms with Gasteiger partial charge in [-0.3, -0.25) is 9.78 Å². The second kappa shape index (κ2) is 5.93. The first kappa shape index (κ1) is 13.7. The number of pyridine rings is 1. The van der Waals surface area contributed by atoms with E-state index in [1.165, 1.54) is 18.2 Å². The van der Waals surface area contributed by atoms with E-state index in [2.05, 4.69) is 4.98 Å². The summed E-state index contributed by atoms with van der Waals surface area (Å²) in [6.45, 7) is 1.96. The molecular weight excluding hydrogens is 265 g/mol. The number of rotatable bonds is 4. The minimum Gasteiger partial charge on any atom is -0.292 e. The summed E-state index contributed by atoms with van der Waals surface area (Å²) in [5.41, 5.74) is 1.81. The molecule has 0 spiro atoms. The Morgan fingerprint density at radius 3 is 2.84 bits per heavy atom. The van der Waals surface area contributed by atoms with Crippen molar-refractivity contribution >= 4 is 17.4 Å². The highest BCUT2D eigenvalue weighted by Gasteiger charge is 2.14. The molecule has 0 fully saturated rings. The van der Waals surface area contributed by atoms with Crippen LogP contribution in [0.2, 0.25) is 5.02 Å². The van der Waals surface area contributed by atoms with Crippen LogP contribution in [0.5, 0.6) is 0 Å². The van der Waals surface area contributed by atoms with Gasteiger partial charge in [0.1, 0.15) is 11.5 Å². The van der Waals surface area contributed by atoms with Gasteiger partial charge in [-0.15, -0.1) is 0 Å². The van der Waals surface area contributed by atoms with Crippen molar-refractivity contribution < 1.29 is 9.18 Å². The Kier molecular flexibility index (Phi) is 4.27. The first-order chi connectivity index (χ1) is 9.11. The van der Waals surface area contributed by atoms with E-state index in [-0.39, 0.29) is 12.2 Å². The van der Waals surface area contributed by atoms with Crippen LogP contribution in [0.3, 0.4) is 0 Å². The molecule has 19 heavy (non-hydrogen) atoms. The van der Waals surface area contributed by atoms with Crippen LogP contribution in [-0.4, -0.2) is 10.8 Å². The lowest BCUT2D eigenvalue weighted by molar-refractivity contribution is 0.0987. The van der Waals surface area contributed by atoms with E-state index in [1.54, 1.807) is 12.3 Å². The molecular formula is C15H13ClFNO. The second-order valence-corrected chi connectivity index (χ2v) is 4.61. The highest BCUT2D eigenvalue weighted by molar-refractivity contribution is 6.31. The number of halogens is 2. The molecule has 0 atom stereocenters. The van der Waals surface area contributed by atoms with Crippen molar-refractivity contribution in [1.82, 2.24) is 4.98 Å². The normalized spacial score (nSPS) is 10.5. The third-order valence-electron chi connectivity index (χ3n) is 2.90. The lowest BCUT2D eigenvalue weighted by atomic mass is 10.0. The van der Waals surface area contributed by atoms with Gasteiger partial charge in [0, 0.05) is 17.6 Å². The van der Waals surface area contributed by atoms with E-state index >= 15 is 0 Å². The summed E-state index contributed by atoms with van der Waals surface area (Å²) in [6.07, 6.45) is 2.37. The SMILES string of the molecule is CCc1cccnc1C(=O)Cc1cc(F)ccc1Cl. The molecule has 0 aliphatic heterocycles. The summed E-state index contributed by atoms with van der Waals surface area (Å²) in [7, 11) is 0. The van der Waals surface area contributed by atoms with Crippen molar-refractivity contribution in [3.8, 4) is 0 Å². The van der Waals surface area contributed by atoms with Crippen LogP contribution in [0.4, 0.5) is 4.39 Å². The molecule has 4 heteroatoms. The highest BCUT2D eigenvalue weighted by Crippen LogP contribution is 2.19. The number of carbonyl (C=O) groups excluding carboxylic acids is 1. The Hall–Kier alpha value is -1.74. The lowest BCUT2D eigenvalue weighted by Gasteiger charge is -2.07. The molecule has 0 bridgehead atoms. The number of Topliss-reactive ketones (excluding diaryl/α,β-unsaturated/α-hetero) is 1. The Morgan fingerprint density at radius 1 is 1.32 bits per heavy atom. The maximum Gasteiger partial charge on any atom is 0.185 e. The van der Waals surface area contributed by atoms with Gasteiger partial charge in [0.2, 0.25) is 0 Å². The molecule has 1 aromatic heterocycles. The topological polar surface area (TPSA) is 30.0 Å². The molecule has 0 radical (unpaired) electrons. The summed E-state index contributed by atoms with van der Waals surface area (Å²) in [4.78, 5) is 16.3. The minimum atomic E-state index is -0.399. The van der Waals surface area contributed by atoms with E-state index < -0.39 is 5.82 Å². The van der Waals surface area contributed by atoms with Gasteiger partial charge in [-0.2, -0.15) is 0 Å². The van der Waals surface area contributed by atoms with E-state index in [0.717, 1.165) is 12.0 Å². The van der Waals surface area contributed by atoms with E-state index in [4.69, 9.17) is 11.6 Å². The standard InChI is InChI=1S/C15H13ClFNO/c1-2-10-4-3-7-18-15(10)14(19)9-11-8-12(17)5-6-13(11)16/h3-8H,2,9H2,1H3. The minimum absolute atomic E-state index is 0.0562. The molecule has 0 saturated carbocycles. The van der Waals surface area contributed by atoms with Gasteiger partial charge < -0.3 is 0 Å². The zero-order chi connectivity index (χ0) is 13.8. The predicted molar refractivity (Wildman–Crippen MR) is 73.1 cm³/mol. The first-order valence-corrected chi connectivity index (χ1v) is 6.40. The molecule has 2 rings (SSSR count). The summed E-state index contributed by atoms with van der Waals surface area (Å²) >= 11 is 5.96. The van der Waals surface area contributed by atoms with Gasteiger partial charge in [0.05, 0.1) is 0 Å². The molecule has 0 saturated heterocycles. The Labute approximate surface area is 116 Å². The van der Waals surface area contributed by atoms with E-state index in [0.29, 0.717) is 16.3 Å². The van der Waals surface area contributed by atoms with Crippen molar-refractivity contribution in [3.05, 3.63) is 64.2 Å². The van der Waals surface area contributed by atoms with Crippen molar-refractivity contribution in [1.29, 1.82) is 0 Å². The number of benzene rings is 1. The number of aromatic nitrogens is 1. The van der Waals surface area contributed by atoms with Gasteiger partial charge in [-0.25, -0.2) is 4.39 Å². The summed E-state index contributed by atoms with van der Waals surface area (Å²) < 4.78 is 13.2. The largest absolute Gasteiger partial charge is 0.292 e. The molecule has 0 unspecified atom stereocenters. The number of ketones is 1. The quantitative estimate of drug-likeness (QED) is 0.794. The van der Waals surface area contributed by atoms with E-state index in [9.17, 15) is 9.18 Å². The number of aryl methyl sites for hydroxylation is 1. The fourth-order valence-electron chi connectivity index (χ4n) is 1.91. The molecule has 0 aliphatic carbocycles. The maximum atomic E-state index is 13.2. The molecule has 1 heterocycles. The molecule has 98 valence electrons. The maximum absolute atomic E-state index is 13.2. The third kappa shape index (κ3) is 3.18. The Morgan fingerprint density at radius 2 is 2.11 bits per heavy atom. The molecule has 0 amide bonds. The lowest BCUT2D eigenvalue weighted by Crippen LogP contribution is -2.09. The van der Waals surface area contributed by atoms with Crippen LogP contribution >= 0.6 is 11.6 Å². The first-order valence-electron chi connectivity index (χ1n) is 6.03. The zero-order valence-corrected chi connectivity index (χ0v) is 11.2. The van der Waals surface area contributed by atoms with Crippen LogP contribution in [0, 0.1) is 5.82 Å². The van der Waals surface area contributed by atoms with Crippen LogP contribution in [0.15, 0.2) is 36.5 Å².